The number of primary amides is 1. The summed E-state index contributed by atoms with van der Waals surface area (Å²) in [7, 11) is 0. The van der Waals surface area contributed by atoms with E-state index < -0.39 is 23.9 Å². The molecule has 0 aliphatic carbocycles. The first-order valence-electron chi connectivity index (χ1n) is 7.02. The summed E-state index contributed by atoms with van der Waals surface area (Å²) in [6.07, 6.45) is 1.63. The maximum absolute atomic E-state index is 11.8. The molecule has 4 amide bonds. The Labute approximate surface area is 135 Å². The van der Waals surface area contributed by atoms with Crippen LogP contribution in [0, 0.1) is 0 Å². The van der Waals surface area contributed by atoms with Crippen molar-refractivity contribution in [3.8, 4) is 0 Å². The van der Waals surface area contributed by atoms with Crippen molar-refractivity contribution in [3.05, 3.63) is 0 Å². The summed E-state index contributed by atoms with van der Waals surface area (Å²) >= 11 is 3.83. The molecule has 0 aliphatic heterocycles. The van der Waals surface area contributed by atoms with E-state index in [9.17, 15) is 19.2 Å². The van der Waals surface area contributed by atoms with Crippen LogP contribution in [0.4, 0.5) is 0 Å². The van der Waals surface area contributed by atoms with Crippen LogP contribution in [0.3, 0.4) is 0 Å². The second kappa shape index (κ2) is 10.9. The van der Waals surface area contributed by atoms with E-state index in [1.54, 1.807) is 0 Å². The first-order valence-corrected chi connectivity index (χ1v) is 7.65. The molecule has 22 heavy (non-hydrogen) atoms. The van der Waals surface area contributed by atoms with Gasteiger partial charge in [-0.15, -0.1) is 0 Å². The van der Waals surface area contributed by atoms with Gasteiger partial charge in [-0.3, -0.25) is 19.2 Å². The van der Waals surface area contributed by atoms with E-state index in [1.807, 2.05) is 0 Å². The fourth-order valence-corrected chi connectivity index (χ4v) is 1.82. The van der Waals surface area contributed by atoms with Gasteiger partial charge in [0, 0.05) is 13.5 Å². The smallest absolute Gasteiger partial charge is 0.242 e. The molecule has 0 rings (SSSR count). The second-order valence-corrected chi connectivity index (χ2v) is 5.21. The summed E-state index contributed by atoms with van der Waals surface area (Å²) in [5.41, 5.74) is 5.25. The third-order valence-electron chi connectivity index (χ3n) is 2.86. The third-order valence-corrected chi connectivity index (χ3v) is 3.15. The lowest BCUT2D eigenvalue weighted by molar-refractivity contribution is -0.130. The minimum atomic E-state index is -0.802. The average Bonchev–Trinajstić information content (AvgIpc) is 2.43. The van der Waals surface area contributed by atoms with Crippen LogP contribution in [0.25, 0.3) is 0 Å². The zero-order valence-corrected chi connectivity index (χ0v) is 13.7. The van der Waals surface area contributed by atoms with Crippen molar-refractivity contribution in [1.82, 2.24) is 16.0 Å². The molecule has 5 N–H and O–H groups in total. The molecule has 0 aromatic rings. The Morgan fingerprint density at radius 3 is 2.27 bits per heavy atom. The van der Waals surface area contributed by atoms with Gasteiger partial charge in [-0.25, -0.2) is 0 Å². The van der Waals surface area contributed by atoms with E-state index >= 15 is 0 Å². The van der Waals surface area contributed by atoms with Gasteiger partial charge in [-0.05, 0) is 26.2 Å². The molecule has 0 heterocycles. The van der Waals surface area contributed by atoms with Crippen molar-refractivity contribution >= 4 is 36.3 Å². The number of thiol groups is 1. The van der Waals surface area contributed by atoms with Crippen LogP contribution >= 0.6 is 12.6 Å². The predicted molar refractivity (Wildman–Crippen MR) is 85.1 cm³/mol. The Morgan fingerprint density at radius 2 is 1.77 bits per heavy atom. The van der Waals surface area contributed by atoms with Crippen LogP contribution in [0.1, 0.15) is 33.1 Å². The molecule has 0 radical (unpaired) electrons. The van der Waals surface area contributed by atoms with Gasteiger partial charge in [0.05, 0.1) is 5.75 Å². The van der Waals surface area contributed by atoms with Crippen LogP contribution in [0.5, 0.6) is 0 Å². The van der Waals surface area contributed by atoms with Gasteiger partial charge in [-0.2, -0.15) is 12.6 Å². The van der Waals surface area contributed by atoms with Crippen LogP contribution in [-0.4, -0.2) is 48.0 Å². The minimum Gasteiger partial charge on any atom is -0.368 e. The quantitative estimate of drug-likeness (QED) is 0.251. The summed E-state index contributed by atoms with van der Waals surface area (Å²) in [6, 6.07) is -1.54. The van der Waals surface area contributed by atoms with Crippen molar-refractivity contribution in [2.75, 3.05) is 12.3 Å². The maximum Gasteiger partial charge on any atom is 0.242 e. The maximum atomic E-state index is 11.8. The fourth-order valence-electron chi connectivity index (χ4n) is 1.71. The van der Waals surface area contributed by atoms with Gasteiger partial charge in [0.25, 0.3) is 0 Å². The van der Waals surface area contributed by atoms with E-state index in [0.717, 1.165) is 0 Å². The van der Waals surface area contributed by atoms with Gasteiger partial charge in [0.15, 0.2) is 0 Å². The predicted octanol–water partition coefficient (Wildman–Crippen LogP) is -1.30. The molecular formula is C13H24N4O4S. The van der Waals surface area contributed by atoms with Crippen molar-refractivity contribution in [1.29, 1.82) is 0 Å². The van der Waals surface area contributed by atoms with Crippen molar-refractivity contribution in [3.63, 3.8) is 0 Å². The molecule has 0 bridgehead atoms. The number of carbonyl (C=O) groups excluding carboxylic acids is 4. The zero-order chi connectivity index (χ0) is 17.1. The monoisotopic (exact) mass is 332 g/mol. The molecule has 0 saturated heterocycles. The highest BCUT2D eigenvalue weighted by atomic mass is 32.1. The number of nitrogens with one attached hydrogen (secondary N) is 3. The Kier molecular flexibility index (Phi) is 10.0. The first kappa shape index (κ1) is 20.2. The van der Waals surface area contributed by atoms with Crippen LogP contribution in [-0.2, 0) is 19.2 Å². The molecule has 0 spiro atoms. The number of nitrogens with two attached hydrogens (primary N) is 1. The molecule has 0 fully saturated rings. The third kappa shape index (κ3) is 9.22. The Hall–Kier alpha value is -1.77. The lowest BCUT2D eigenvalue weighted by Crippen LogP contribution is -2.51. The van der Waals surface area contributed by atoms with Crippen molar-refractivity contribution in [2.24, 2.45) is 5.73 Å². The zero-order valence-electron chi connectivity index (χ0n) is 12.8. The fraction of sp³-hybridized carbons (Fsp3) is 0.692. The van der Waals surface area contributed by atoms with Crippen LogP contribution < -0.4 is 21.7 Å². The second-order valence-electron chi connectivity index (χ2n) is 4.89. The van der Waals surface area contributed by atoms with E-state index in [4.69, 9.17) is 5.73 Å². The van der Waals surface area contributed by atoms with Crippen LogP contribution in [0.2, 0.25) is 0 Å². The summed E-state index contributed by atoms with van der Waals surface area (Å²) in [4.78, 5) is 45.0. The molecular weight excluding hydrogens is 308 g/mol. The molecule has 0 aromatic carbocycles. The summed E-state index contributed by atoms with van der Waals surface area (Å²) in [5.74, 6) is -1.48. The topological polar surface area (TPSA) is 130 Å². The van der Waals surface area contributed by atoms with E-state index in [1.165, 1.54) is 13.8 Å². The molecule has 2 atom stereocenters. The Balaban J connectivity index is 4.16. The summed E-state index contributed by atoms with van der Waals surface area (Å²) in [6.45, 7) is 3.29. The van der Waals surface area contributed by atoms with Gasteiger partial charge in [0.2, 0.25) is 23.6 Å². The summed E-state index contributed by atoms with van der Waals surface area (Å²) < 4.78 is 0. The van der Waals surface area contributed by atoms with E-state index in [0.29, 0.717) is 25.8 Å². The number of hydrogen-bond acceptors (Lipinski definition) is 5. The SMILES string of the molecule is CC(=O)N[C@@H](C)C(=O)N[C@@H](CCCCNC(=O)CS)C(N)=O. The molecule has 0 aliphatic rings. The lowest BCUT2D eigenvalue weighted by atomic mass is 10.1. The molecule has 0 unspecified atom stereocenters. The number of rotatable bonds is 10. The molecule has 0 saturated carbocycles. The average molecular weight is 332 g/mol. The highest BCUT2D eigenvalue weighted by molar-refractivity contribution is 7.81. The Bertz CT molecular complexity index is 417. The van der Waals surface area contributed by atoms with Gasteiger partial charge < -0.3 is 21.7 Å². The number of amides is 4. The number of carbonyl (C=O) groups is 4. The van der Waals surface area contributed by atoms with Gasteiger partial charge in [0.1, 0.15) is 12.1 Å². The first-order chi connectivity index (χ1) is 10.3. The largest absolute Gasteiger partial charge is 0.368 e. The van der Waals surface area contributed by atoms with Crippen molar-refractivity contribution in [2.45, 2.75) is 45.2 Å². The highest BCUT2D eigenvalue weighted by Gasteiger charge is 2.21. The molecule has 126 valence electrons. The van der Waals surface area contributed by atoms with E-state index in [-0.39, 0.29) is 17.6 Å². The van der Waals surface area contributed by atoms with Crippen molar-refractivity contribution < 1.29 is 19.2 Å². The van der Waals surface area contributed by atoms with Crippen LogP contribution in [0.15, 0.2) is 0 Å². The lowest BCUT2D eigenvalue weighted by Gasteiger charge is -2.19. The molecule has 9 heteroatoms. The number of unbranched alkanes of at least 4 members (excludes halogenated alkanes) is 1. The minimum absolute atomic E-state index is 0.126. The normalized spacial score (nSPS) is 12.9. The molecule has 8 nitrogen and oxygen atoms in total. The number of hydrogen-bond donors (Lipinski definition) is 5. The standard InChI is InChI=1S/C13H24N4O4S/c1-8(16-9(2)18)13(21)17-10(12(14)20)5-3-4-6-15-11(19)7-22/h8,10,22H,3-7H2,1-2H3,(H2,14,20)(H,15,19)(H,16,18)(H,17,21)/t8-,10-/m0/s1. The van der Waals surface area contributed by atoms with Gasteiger partial charge in [-0.1, -0.05) is 0 Å². The molecule has 0 aromatic heterocycles. The highest BCUT2D eigenvalue weighted by Crippen LogP contribution is 2.01. The van der Waals surface area contributed by atoms with E-state index in [2.05, 4.69) is 28.6 Å². The summed E-state index contributed by atoms with van der Waals surface area (Å²) in [5, 5.41) is 7.58. The Morgan fingerprint density at radius 1 is 1.14 bits per heavy atom. The van der Waals surface area contributed by atoms with Gasteiger partial charge >= 0.3 is 0 Å².